The van der Waals surface area contributed by atoms with E-state index in [0.717, 1.165) is 10.5 Å². The Labute approximate surface area is 119 Å². The van der Waals surface area contributed by atoms with Crippen LogP contribution in [0, 0.1) is 0 Å². The Morgan fingerprint density at radius 3 is 2.60 bits per heavy atom. The van der Waals surface area contributed by atoms with E-state index in [0.29, 0.717) is 17.0 Å². The number of oxazole rings is 1. The van der Waals surface area contributed by atoms with E-state index in [-0.39, 0.29) is 5.56 Å². The summed E-state index contributed by atoms with van der Waals surface area (Å²) in [6, 6.07) is 12.7. The number of hydrogen-bond acceptors (Lipinski definition) is 4. The van der Waals surface area contributed by atoms with Gasteiger partial charge in [0.1, 0.15) is 11.1 Å². The van der Waals surface area contributed by atoms with Gasteiger partial charge in [0.25, 0.3) is 0 Å². The number of hydrogen-bond donors (Lipinski definition) is 1. The van der Waals surface area contributed by atoms with Gasteiger partial charge in [-0.2, -0.15) is 0 Å². The third-order valence-corrected chi connectivity index (χ3v) is 3.73. The summed E-state index contributed by atoms with van der Waals surface area (Å²) in [6.45, 7) is 0. The van der Waals surface area contributed by atoms with E-state index in [2.05, 4.69) is 4.98 Å². The number of carbonyl (C=O) groups is 1. The highest BCUT2D eigenvalue weighted by atomic mass is 32.2. The molecule has 0 bridgehead atoms. The highest BCUT2D eigenvalue weighted by Gasteiger charge is 2.15. The van der Waals surface area contributed by atoms with Crippen molar-refractivity contribution in [1.82, 2.24) is 4.98 Å². The molecule has 0 spiro atoms. The minimum absolute atomic E-state index is 0.127. The van der Waals surface area contributed by atoms with Crippen molar-refractivity contribution >= 4 is 28.8 Å². The summed E-state index contributed by atoms with van der Waals surface area (Å²) in [6.07, 6.45) is 2.01. The lowest BCUT2D eigenvalue weighted by atomic mass is 10.2. The van der Waals surface area contributed by atoms with Crippen molar-refractivity contribution < 1.29 is 14.3 Å². The van der Waals surface area contributed by atoms with Crippen LogP contribution in [0.1, 0.15) is 10.4 Å². The molecule has 1 heterocycles. The zero-order valence-corrected chi connectivity index (χ0v) is 11.5. The van der Waals surface area contributed by atoms with Gasteiger partial charge in [-0.1, -0.05) is 6.07 Å². The van der Waals surface area contributed by atoms with Crippen molar-refractivity contribution in [2.75, 3.05) is 6.26 Å². The first-order valence-corrected chi connectivity index (χ1v) is 7.19. The number of carboxylic acids is 1. The number of rotatable bonds is 3. The van der Waals surface area contributed by atoms with Gasteiger partial charge < -0.3 is 9.52 Å². The number of aromatic carboxylic acids is 1. The molecule has 2 aromatic carbocycles. The van der Waals surface area contributed by atoms with Crippen LogP contribution < -0.4 is 0 Å². The van der Waals surface area contributed by atoms with Gasteiger partial charge in [0.15, 0.2) is 5.58 Å². The molecule has 0 unspecified atom stereocenters. The molecule has 4 nitrogen and oxygen atoms in total. The Kier molecular flexibility index (Phi) is 3.20. The summed E-state index contributed by atoms with van der Waals surface area (Å²) in [7, 11) is 0. The molecule has 0 amide bonds. The first-order valence-electron chi connectivity index (χ1n) is 5.96. The Hall–Kier alpha value is -2.27. The van der Waals surface area contributed by atoms with Crippen molar-refractivity contribution in [1.29, 1.82) is 0 Å². The molecule has 0 aliphatic rings. The molecule has 0 atom stereocenters. The van der Waals surface area contributed by atoms with Crippen molar-refractivity contribution in [2.45, 2.75) is 4.90 Å². The average Bonchev–Trinajstić information content (AvgIpc) is 2.90. The third kappa shape index (κ3) is 2.16. The summed E-state index contributed by atoms with van der Waals surface area (Å²) in [5, 5.41) is 9.14. The lowest BCUT2D eigenvalue weighted by molar-refractivity contribution is 0.0698. The number of benzene rings is 2. The van der Waals surface area contributed by atoms with Gasteiger partial charge >= 0.3 is 5.97 Å². The molecule has 0 aliphatic carbocycles. The SMILES string of the molecule is CSc1ccc(-c2nc3cccc(C(=O)O)c3o2)cc1. The summed E-state index contributed by atoms with van der Waals surface area (Å²) in [5.74, 6) is -0.586. The quantitative estimate of drug-likeness (QED) is 0.739. The first kappa shape index (κ1) is 12.7. The lowest BCUT2D eigenvalue weighted by Gasteiger charge is -1.97. The smallest absolute Gasteiger partial charge is 0.339 e. The van der Waals surface area contributed by atoms with Crippen LogP contribution in [0.2, 0.25) is 0 Å². The van der Waals surface area contributed by atoms with Crippen LogP contribution in [0.15, 0.2) is 51.8 Å². The summed E-state index contributed by atoms with van der Waals surface area (Å²) in [4.78, 5) is 16.6. The zero-order chi connectivity index (χ0) is 14.1. The first-order chi connectivity index (χ1) is 9.69. The molecule has 100 valence electrons. The number of thioether (sulfide) groups is 1. The van der Waals surface area contributed by atoms with E-state index >= 15 is 0 Å². The minimum Gasteiger partial charge on any atom is -0.478 e. The average molecular weight is 285 g/mol. The molecule has 0 saturated heterocycles. The molecular weight excluding hydrogens is 274 g/mol. The maximum absolute atomic E-state index is 11.2. The van der Waals surface area contributed by atoms with E-state index in [4.69, 9.17) is 9.52 Å². The third-order valence-electron chi connectivity index (χ3n) is 2.98. The van der Waals surface area contributed by atoms with Gasteiger partial charge in [-0.3, -0.25) is 0 Å². The molecule has 0 fully saturated rings. The van der Waals surface area contributed by atoms with E-state index < -0.39 is 5.97 Å². The predicted octanol–water partition coefficient (Wildman–Crippen LogP) is 3.91. The van der Waals surface area contributed by atoms with Gasteiger partial charge in [0.05, 0.1) is 0 Å². The standard InChI is InChI=1S/C15H11NO3S/c1-20-10-7-5-9(6-8-10)14-16-12-4-2-3-11(15(17)18)13(12)19-14/h2-8H,1H3,(H,17,18). The largest absolute Gasteiger partial charge is 0.478 e. The van der Waals surface area contributed by atoms with Crippen LogP contribution in [0.4, 0.5) is 0 Å². The fourth-order valence-electron chi connectivity index (χ4n) is 1.97. The molecule has 0 radical (unpaired) electrons. The number of aromatic nitrogens is 1. The Bertz CT molecular complexity index is 777. The molecule has 5 heteroatoms. The predicted molar refractivity (Wildman–Crippen MR) is 78.2 cm³/mol. The normalized spacial score (nSPS) is 10.8. The van der Waals surface area contributed by atoms with Crippen molar-refractivity contribution in [2.24, 2.45) is 0 Å². The van der Waals surface area contributed by atoms with Crippen LogP contribution in [0.5, 0.6) is 0 Å². The molecule has 0 aliphatic heterocycles. The van der Waals surface area contributed by atoms with Crippen LogP contribution in [-0.2, 0) is 0 Å². The molecule has 0 saturated carbocycles. The second-order valence-corrected chi connectivity index (χ2v) is 5.09. The van der Waals surface area contributed by atoms with Crippen LogP contribution in [-0.4, -0.2) is 22.3 Å². The highest BCUT2D eigenvalue weighted by molar-refractivity contribution is 7.98. The Balaban J connectivity index is 2.12. The number of fused-ring (bicyclic) bond motifs is 1. The lowest BCUT2D eigenvalue weighted by Crippen LogP contribution is -1.95. The zero-order valence-electron chi connectivity index (χ0n) is 10.7. The van der Waals surface area contributed by atoms with Gasteiger partial charge in [0, 0.05) is 10.5 Å². The van der Waals surface area contributed by atoms with E-state index in [9.17, 15) is 4.79 Å². The van der Waals surface area contributed by atoms with Crippen molar-refractivity contribution in [3.8, 4) is 11.5 Å². The number of carboxylic acid groups (broad SMARTS) is 1. The van der Waals surface area contributed by atoms with Gasteiger partial charge in [0.2, 0.25) is 5.89 Å². The van der Waals surface area contributed by atoms with Gasteiger partial charge in [-0.25, -0.2) is 9.78 Å². The summed E-state index contributed by atoms with van der Waals surface area (Å²) >= 11 is 1.66. The van der Waals surface area contributed by atoms with E-state index in [1.165, 1.54) is 6.07 Å². The number of para-hydroxylation sites is 1. The fourth-order valence-corrected chi connectivity index (χ4v) is 2.38. The Morgan fingerprint density at radius 2 is 1.95 bits per heavy atom. The Morgan fingerprint density at radius 1 is 1.20 bits per heavy atom. The topological polar surface area (TPSA) is 63.3 Å². The van der Waals surface area contributed by atoms with Crippen LogP contribution in [0.3, 0.4) is 0 Å². The van der Waals surface area contributed by atoms with Gasteiger partial charge in [-0.05, 0) is 42.7 Å². The van der Waals surface area contributed by atoms with Crippen molar-refractivity contribution in [3.05, 3.63) is 48.0 Å². The maximum atomic E-state index is 11.2. The number of nitrogens with zero attached hydrogens (tertiary/aromatic N) is 1. The summed E-state index contributed by atoms with van der Waals surface area (Å²) < 4.78 is 5.62. The molecule has 1 aromatic heterocycles. The van der Waals surface area contributed by atoms with Gasteiger partial charge in [-0.15, -0.1) is 11.8 Å². The maximum Gasteiger partial charge on any atom is 0.339 e. The molecule has 1 N–H and O–H groups in total. The van der Waals surface area contributed by atoms with Crippen molar-refractivity contribution in [3.63, 3.8) is 0 Å². The second kappa shape index (κ2) is 5.02. The molecule has 3 rings (SSSR count). The summed E-state index contributed by atoms with van der Waals surface area (Å²) in [5.41, 5.74) is 1.81. The molecular formula is C15H11NO3S. The molecule has 3 aromatic rings. The van der Waals surface area contributed by atoms with Crippen LogP contribution >= 0.6 is 11.8 Å². The fraction of sp³-hybridized carbons (Fsp3) is 0.0667. The highest BCUT2D eigenvalue weighted by Crippen LogP contribution is 2.27. The molecule has 20 heavy (non-hydrogen) atoms. The van der Waals surface area contributed by atoms with Crippen LogP contribution in [0.25, 0.3) is 22.6 Å². The second-order valence-electron chi connectivity index (χ2n) is 4.21. The van der Waals surface area contributed by atoms with E-state index in [1.807, 2.05) is 30.5 Å². The monoisotopic (exact) mass is 285 g/mol. The van der Waals surface area contributed by atoms with E-state index in [1.54, 1.807) is 23.9 Å². The minimum atomic E-state index is -1.02.